The van der Waals surface area contributed by atoms with Crippen LogP contribution in [0.4, 0.5) is 13.2 Å². The Morgan fingerprint density at radius 1 is 1.56 bits per heavy atom. The lowest BCUT2D eigenvalue weighted by molar-refractivity contribution is -0.136. The van der Waals surface area contributed by atoms with Crippen LogP contribution < -0.4 is 5.73 Å². The van der Waals surface area contributed by atoms with Gasteiger partial charge >= 0.3 is 6.18 Å². The second kappa shape index (κ2) is 4.81. The number of aryl methyl sites for hydroxylation is 1. The van der Waals surface area contributed by atoms with Crippen molar-refractivity contribution in [2.75, 3.05) is 0 Å². The molecule has 1 heterocycles. The zero-order chi connectivity index (χ0) is 12.2. The summed E-state index contributed by atoms with van der Waals surface area (Å²) in [6.45, 7) is 0.0746. The summed E-state index contributed by atoms with van der Waals surface area (Å²) in [5.41, 5.74) is 5.19. The summed E-state index contributed by atoms with van der Waals surface area (Å²) in [7, 11) is 0. The fourth-order valence-electron chi connectivity index (χ4n) is 1.01. The van der Waals surface area contributed by atoms with Crippen LogP contribution in [0.3, 0.4) is 0 Å². The molecule has 3 N–H and O–H groups in total. The number of nitrogens with two attached hydrogens (primary N) is 1. The van der Waals surface area contributed by atoms with Crippen molar-refractivity contribution in [1.82, 2.24) is 14.8 Å². The summed E-state index contributed by atoms with van der Waals surface area (Å²) in [5.74, 6) is -0.302. The molecule has 16 heavy (non-hydrogen) atoms. The maximum atomic E-state index is 11.8. The topological polar surface area (TPSA) is 89.3 Å². The van der Waals surface area contributed by atoms with Crippen LogP contribution in [0.5, 0.6) is 0 Å². The van der Waals surface area contributed by atoms with Gasteiger partial charge < -0.3 is 10.9 Å². The molecule has 1 rings (SSSR count). The van der Waals surface area contributed by atoms with Crippen LogP contribution in [0.1, 0.15) is 18.7 Å². The van der Waals surface area contributed by atoms with Gasteiger partial charge in [-0.15, -0.1) is 5.10 Å². The first-order valence-electron chi connectivity index (χ1n) is 4.36. The van der Waals surface area contributed by atoms with Crippen LogP contribution in [0.15, 0.2) is 11.5 Å². The Kier molecular flexibility index (Phi) is 3.69. The molecule has 0 aliphatic heterocycles. The predicted octanol–water partition coefficient (Wildman–Crippen LogP) is 0.715. The fourth-order valence-corrected chi connectivity index (χ4v) is 1.01. The Morgan fingerprint density at radius 3 is 2.81 bits per heavy atom. The predicted molar refractivity (Wildman–Crippen MR) is 47.8 cm³/mol. The first-order valence-corrected chi connectivity index (χ1v) is 4.36. The van der Waals surface area contributed by atoms with E-state index in [0.29, 0.717) is 0 Å². The van der Waals surface area contributed by atoms with Gasteiger partial charge in [-0.2, -0.15) is 13.2 Å². The molecule has 1 aromatic rings. The third kappa shape index (κ3) is 3.75. The molecule has 1 aromatic heterocycles. The standard InChI is InChI=1S/C7H10F3N5O/c8-7(9,10)2-1-3-15-4-12-6(13-15)5(11)14-16/h4,16H,1-3H2,(H2,11,14). The van der Waals surface area contributed by atoms with E-state index in [2.05, 4.69) is 15.2 Å². The van der Waals surface area contributed by atoms with Gasteiger partial charge in [0.1, 0.15) is 6.33 Å². The SMILES string of the molecule is NC(=NO)c1ncn(CCCC(F)(F)F)n1. The molecule has 9 heteroatoms. The van der Waals surface area contributed by atoms with Crippen LogP contribution in [0, 0.1) is 0 Å². The second-order valence-corrected chi connectivity index (χ2v) is 3.04. The molecule has 0 amide bonds. The quantitative estimate of drug-likeness (QED) is 0.349. The van der Waals surface area contributed by atoms with Crippen LogP contribution >= 0.6 is 0 Å². The Labute approximate surface area is 88.6 Å². The van der Waals surface area contributed by atoms with Gasteiger partial charge in [0, 0.05) is 13.0 Å². The van der Waals surface area contributed by atoms with Crippen molar-refractivity contribution in [2.24, 2.45) is 10.9 Å². The van der Waals surface area contributed by atoms with Gasteiger partial charge in [-0.05, 0) is 6.42 Å². The average molecular weight is 237 g/mol. The molecule has 0 unspecified atom stereocenters. The summed E-state index contributed by atoms with van der Waals surface area (Å²) in [4.78, 5) is 3.66. The van der Waals surface area contributed by atoms with Crippen LogP contribution in [-0.4, -0.2) is 32.0 Å². The molecule has 0 fully saturated rings. The van der Waals surface area contributed by atoms with Crippen LogP contribution in [0.2, 0.25) is 0 Å². The highest BCUT2D eigenvalue weighted by Crippen LogP contribution is 2.21. The molecular weight excluding hydrogens is 227 g/mol. The lowest BCUT2D eigenvalue weighted by Crippen LogP contribution is -2.16. The van der Waals surface area contributed by atoms with Crippen LogP contribution in [-0.2, 0) is 6.54 Å². The van der Waals surface area contributed by atoms with Crippen molar-refractivity contribution in [3.8, 4) is 0 Å². The molecule has 0 spiro atoms. The summed E-state index contributed by atoms with van der Waals surface area (Å²) >= 11 is 0. The monoisotopic (exact) mass is 237 g/mol. The molecule has 0 aromatic carbocycles. The van der Waals surface area contributed by atoms with E-state index in [0.717, 1.165) is 0 Å². The zero-order valence-corrected chi connectivity index (χ0v) is 8.15. The lowest BCUT2D eigenvalue weighted by Gasteiger charge is -2.04. The van der Waals surface area contributed by atoms with Crippen molar-refractivity contribution in [3.63, 3.8) is 0 Å². The number of alkyl halides is 3. The van der Waals surface area contributed by atoms with E-state index in [1.54, 1.807) is 0 Å². The van der Waals surface area contributed by atoms with E-state index in [9.17, 15) is 13.2 Å². The van der Waals surface area contributed by atoms with Crippen LogP contribution in [0.25, 0.3) is 0 Å². The largest absolute Gasteiger partial charge is 0.409 e. The third-order valence-electron chi connectivity index (χ3n) is 1.72. The molecule has 0 radical (unpaired) electrons. The maximum Gasteiger partial charge on any atom is 0.389 e. The molecule has 0 aliphatic carbocycles. The Bertz CT molecular complexity index is 372. The van der Waals surface area contributed by atoms with E-state index < -0.39 is 12.6 Å². The van der Waals surface area contributed by atoms with Gasteiger partial charge in [0.2, 0.25) is 11.7 Å². The number of amidine groups is 1. The summed E-state index contributed by atoms with van der Waals surface area (Å²) in [5, 5.41) is 14.7. The minimum atomic E-state index is -4.17. The van der Waals surface area contributed by atoms with Gasteiger partial charge in [0.25, 0.3) is 0 Å². The highest BCUT2D eigenvalue weighted by molar-refractivity contribution is 5.93. The highest BCUT2D eigenvalue weighted by Gasteiger charge is 2.26. The first kappa shape index (κ1) is 12.3. The molecule has 0 saturated carbocycles. The van der Waals surface area contributed by atoms with E-state index in [4.69, 9.17) is 10.9 Å². The summed E-state index contributed by atoms with van der Waals surface area (Å²) in [6.07, 6.45) is -3.92. The van der Waals surface area contributed by atoms with Crippen molar-refractivity contribution in [2.45, 2.75) is 25.6 Å². The van der Waals surface area contributed by atoms with E-state index >= 15 is 0 Å². The van der Waals surface area contributed by atoms with Crippen molar-refractivity contribution in [3.05, 3.63) is 12.2 Å². The number of rotatable bonds is 4. The Morgan fingerprint density at radius 2 is 2.25 bits per heavy atom. The van der Waals surface area contributed by atoms with E-state index in [-0.39, 0.29) is 24.6 Å². The molecule has 6 nitrogen and oxygen atoms in total. The molecule has 0 saturated heterocycles. The summed E-state index contributed by atoms with van der Waals surface area (Å²) in [6, 6.07) is 0. The lowest BCUT2D eigenvalue weighted by atomic mass is 10.3. The third-order valence-corrected chi connectivity index (χ3v) is 1.72. The number of nitrogens with zero attached hydrogens (tertiary/aromatic N) is 4. The van der Waals surface area contributed by atoms with Gasteiger partial charge in [-0.3, -0.25) is 4.68 Å². The van der Waals surface area contributed by atoms with Crippen molar-refractivity contribution < 1.29 is 18.4 Å². The maximum absolute atomic E-state index is 11.8. The highest BCUT2D eigenvalue weighted by atomic mass is 19.4. The zero-order valence-electron chi connectivity index (χ0n) is 8.15. The first-order chi connectivity index (χ1) is 7.42. The number of hydrogen-bond donors (Lipinski definition) is 2. The molecule has 90 valence electrons. The Hall–Kier alpha value is -1.80. The molecule has 0 bridgehead atoms. The van der Waals surface area contributed by atoms with E-state index in [1.165, 1.54) is 11.0 Å². The van der Waals surface area contributed by atoms with Gasteiger partial charge in [0.15, 0.2) is 0 Å². The van der Waals surface area contributed by atoms with Gasteiger partial charge in [-0.1, -0.05) is 5.16 Å². The minimum absolute atomic E-state index is 0.0190. The van der Waals surface area contributed by atoms with E-state index in [1.807, 2.05) is 0 Å². The number of halogens is 3. The number of oxime groups is 1. The Balaban J connectivity index is 2.47. The number of aromatic nitrogens is 3. The van der Waals surface area contributed by atoms with Gasteiger partial charge in [0.05, 0.1) is 0 Å². The fraction of sp³-hybridized carbons (Fsp3) is 0.571. The second-order valence-electron chi connectivity index (χ2n) is 3.04. The molecular formula is C7H10F3N5O. The van der Waals surface area contributed by atoms with Crippen molar-refractivity contribution in [1.29, 1.82) is 0 Å². The minimum Gasteiger partial charge on any atom is -0.409 e. The normalized spacial score (nSPS) is 13.1. The smallest absolute Gasteiger partial charge is 0.389 e. The van der Waals surface area contributed by atoms with Gasteiger partial charge in [-0.25, -0.2) is 4.98 Å². The average Bonchev–Trinajstić information content (AvgIpc) is 2.63. The molecule has 0 aliphatic rings. The molecule has 0 atom stereocenters. The van der Waals surface area contributed by atoms with Crippen molar-refractivity contribution >= 4 is 5.84 Å². The summed E-state index contributed by atoms with van der Waals surface area (Å²) < 4.78 is 36.7. The number of hydrogen-bond acceptors (Lipinski definition) is 4.